The molecule has 1 heterocycles. The average Bonchev–Trinajstić information content (AvgIpc) is 2.93. The number of aromatic nitrogens is 1. The van der Waals surface area contributed by atoms with Crippen molar-refractivity contribution in [3.63, 3.8) is 0 Å². The molecule has 2 N–H and O–H groups in total. The molecule has 1 aromatic heterocycles. The molecule has 1 unspecified atom stereocenters. The minimum atomic E-state index is -5.02. The van der Waals surface area contributed by atoms with Crippen LogP contribution in [0, 0.1) is 6.92 Å². The maximum Gasteiger partial charge on any atom is 0.424 e. The van der Waals surface area contributed by atoms with Crippen molar-refractivity contribution in [1.82, 2.24) is 4.98 Å². The highest BCUT2D eigenvalue weighted by Crippen LogP contribution is 2.43. The van der Waals surface area contributed by atoms with Gasteiger partial charge >= 0.3 is 6.18 Å². The van der Waals surface area contributed by atoms with Crippen LogP contribution in [0.25, 0.3) is 0 Å². The van der Waals surface area contributed by atoms with Crippen LogP contribution in [0.15, 0.2) is 29.6 Å². The molecule has 0 aliphatic rings. The first-order valence-electron chi connectivity index (χ1n) is 7.64. The molecule has 0 aliphatic heterocycles. The Balaban J connectivity index is 2.22. The number of carbonyl (C=O) groups is 1. The summed E-state index contributed by atoms with van der Waals surface area (Å²) in [5.74, 6) is -0.726. The number of hydrogen-bond donors (Lipinski definition) is 2. The number of anilines is 1. The largest absolute Gasteiger partial charge is 0.424 e. The minimum Gasteiger partial charge on any atom is -0.374 e. The maximum atomic E-state index is 13.4. The predicted molar refractivity (Wildman–Crippen MR) is 90.6 cm³/mol. The van der Waals surface area contributed by atoms with Crippen molar-refractivity contribution in [3.05, 3.63) is 45.9 Å². The lowest BCUT2D eigenvalue weighted by atomic mass is 9.99. The van der Waals surface area contributed by atoms with E-state index in [2.05, 4.69) is 10.3 Å². The Labute approximate surface area is 147 Å². The van der Waals surface area contributed by atoms with Crippen LogP contribution >= 0.6 is 11.3 Å². The molecule has 0 bridgehead atoms. The molecule has 0 saturated heterocycles. The second-order valence-electron chi connectivity index (χ2n) is 6.16. The second-order valence-corrected chi connectivity index (χ2v) is 7.02. The van der Waals surface area contributed by atoms with E-state index < -0.39 is 29.1 Å². The molecule has 136 valence electrons. The third-order valence-electron chi connectivity index (χ3n) is 3.70. The molecule has 0 saturated carbocycles. The number of alkyl halides is 3. The quantitative estimate of drug-likeness (QED) is 0.820. The number of halogens is 3. The Morgan fingerprint density at radius 2 is 2.04 bits per heavy atom. The van der Waals surface area contributed by atoms with Crippen LogP contribution in [0.2, 0.25) is 0 Å². The van der Waals surface area contributed by atoms with E-state index in [4.69, 9.17) is 0 Å². The minimum absolute atomic E-state index is 0.210. The van der Waals surface area contributed by atoms with E-state index in [1.165, 1.54) is 12.3 Å². The van der Waals surface area contributed by atoms with Crippen LogP contribution in [-0.4, -0.2) is 22.2 Å². The lowest BCUT2D eigenvalue weighted by Crippen LogP contribution is -2.45. The molecule has 0 aliphatic carbocycles. The number of aliphatic hydroxyl groups is 1. The molecule has 2 aromatic rings. The molecule has 25 heavy (non-hydrogen) atoms. The van der Waals surface area contributed by atoms with Crippen LogP contribution < -0.4 is 5.32 Å². The van der Waals surface area contributed by atoms with E-state index in [-0.39, 0.29) is 5.92 Å². The van der Waals surface area contributed by atoms with Crippen molar-refractivity contribution in [3.8, 4) is 0 Å². The summed E-state index contributed by atoms with van der Waals surface area (Å²) in [4.78, 5) is 15.9. The Morgan fingerprint density at radius 3 is 2.56 bits per heavy atom. The van der Waals surface area contributed by atoms with Crippen LogP contribution in [0.5, 0.6) is 0 Å². The first kappa shape index (κ1) is 19.4. The van der Waals surface area contributed by atoms with E-state index in [0.29, 0.717) is 22.7 Å². The van der Waals surface area contributed by atoms with Crippen molar-refractivity contribution in [1.29, 1.82) is 0 Å². The summed E-state index contributed by atoms with van der Waals surface area (Å²) >= 11 is 0.677. The predicted octanol–water partition coefficient (Wildman–Crippen LogP) is 4.35. The monoisotopic (exact) mass is 372 g/mol. The number of hydrogen-bond acceptors (Lipinski definition) is 4. The Hall–Kier alpha value is -1.93. The van der Waals surface area contributed by atoms with Crippen molar-refractivity contribution in [2.45, 2.75) is 44.9 Å². The lowest BCUT2D eigenvalue weighted by Gasteiger charge is -2.28. The average molecular weight is 372 g/mol. The number of thiazole rings is 1. The zero-order chi connectivity index (χ0) is 18.8. The summed E-state index contributed by atoms with van der Waals surface area (Å²) < 4.78 is 40.2. The zero-order valence-corrected chi connectivity index (χ0v) is 14.8. The Bertz CT molecular complexity index is 758. The fraction of sp³-hybridized carbons (Fsp3) is 0.412. The molecular formula is C17H19F3N2O2S. The van der Waals surface area contributed by atoms with Crippen LogP contribution in [-0.2, 0) is 10.4 Å². The van der Waals surface area contributed by atoms with Gasteiger partial charge in [-0.1, -0.05) is 26.0 Å². The van der Waals surface area contributed by atoms with Gasteiger partial charge in [0.2, 0.25) is 11.5 Å². The SMILES string of the molecule is Cc1csc(C(O)(CC(=O)Nc2cccc(C(C)C)c2)C(F)(F)F)n1. The smallest absolute Gasteiger partial charge is 0.374 e. The first-order chi connectivity index (χ1) is 11.5. The summed E-state index contributed by atoms with van der Waals surface area (Å²) in [6, 6.07) is 6.86. The van der Waals surface area contributed by atoms with Gasteiger partial charge in [-0.15, -0.1) is 11.3 Å². The molecule has 0 fully saturated rings. The van der Waals surface area contributed by atoms with Crippen molar-refractivity contribution in [2.24, 2.45) is 0 Å². The summed E-state index contributed by atoms with van der Waals surface area (Å²) in [6.45, 7) is 5.45. The van der Waals surface area contributed by atoms with Crippen molar-refractivity contribution in [2.75, 3.05) is 5.32 Å². The van der Waals surface area contributed by atoms with Gasteiger partial charge in [-0.2, -0.15) is 13.2 Å². The van der Waals surface area contributed by atoms with Gasteiger partial charge in [-0.25, -0.2) is 4.98 Å². The first-order valence-corrected chi connectivity index (χ1v) is 8.52. The fourth-order valence-corrected chi connectivity index (χ4v) is 3.17. The summed E-state index contributed by atoms with van der Waals surface area (Å²) in [6.07, 6.45) is -6.18. The Kier molecular flexibility index (Phi) is 5.53. The molecule has 1 atom stereocenters. The molecule has 2 rings (SSSR count). The molecule has 1 amide bonds. The standard InChI is InChI=1S/C17H19F3N2O2S/c1-10(2)12-5-4-6-13(7-12)22-14(23)8-16(24,17(18,19)20)15-21-11(3)9-25-15/h4-7,9-10,24H,8H2,1-3H3,(H,22,23). The van der Waals surface area contributed by atoms with E-state index in [0.717, 1.165) is 5.56 Å². The highest BCUT2D eigenvalue weighted by atomic mass is 32.1. The number of nitrogens with one attached hydrogen (secondary N) is 1. The van der Waals surface area contributed by atoms with Gasteiger partial charge in [-0.05, 0) is 30.5 Å². The summed E-state index contributed by atoms with van der Waals surface area (Å²) in [5.41, 5.74) is -1.63. The van der Waals surface area contributed by atoms with Gasteiger partial charge in [0, 0.05) is 16.8 Å². The Morgan fingerprint density at radius 1 is 1.36 bits per heavy atom. The third kappa shape index (κ3) is 4.38. The van der Waals surface area contributed by atoms with Crippen molar-refractivity contribution >= 4 is 22.9 Å². The van der Waals surface area contributed by atoms with Crippen molar-refractivity contribution < 1.29 is 23.1 Å². The van der Waals surface area contributed by atoms with Gasteiger partial charge in [-0.3, -0.25) is 4.79 Å². The number of amides is 1. The van der Waals surface area contributed by atoms with E-state index in [9.17, 15) is 23.1 Å². The fourth-order valence-electron chi connectivity index (χ4n) is 2.25. The van der Waals surface area contributed by atoms with E-state index in [1.54, 1.807) is 18.2 Å². The highest BCUT2D eigenvalue weighted by Gasteiger charge is 2.58. The molecule has 4 nitrogen and oxygen atoms in total. The van der Waals surface area contributed by atoms with Gasteiger partial charge in [0.1, 0.15) is 5.01 Å². The van der Waals surface area contributed by atoms with Crippen LogP contribution in [0.4, 0.5) is 18.9 Å². The summed E-state index contributed by atoms with van der Waals surface area (Å²) in [7, 11) is 0. The number of aryl methyl sites for hydroxylation is 1. The molecule has 8 heteroatoms. The lowest BCUT2D eigenvalue weighted by molar-refractivity contribution is -0.266. The van der Waals surface area contributed by atoms with Gasteiger partial charge in [0.25, 0.3) is 0 Å². The molecular weight excluding hydrogens is 353 g/mol. The zero-order valence-electron chi connectivity index (χ0n) is 14.0. The van der Waals surface area contributed by atoms with Crippen LogP contribution in [0.1, 0.15) is 42.5 Å². The second kappa shape index (κ2) is 7.13. The number of nitrogens with zero attached hydrogens (tertiary/aromatic N) is 1. The van der Waals surface area contributed by atoms with Gasteiger partial charge in [0.05, 0.1) is 6.42 Å². The molecule has 0 spiro atoms. The normalized spacial score (nSPS) is 14.4. The van der Waals surface area contributed by atoms with Crippen LogP contribution in [0.3, 0.4) is 0 Å². The van der Waals surface area contributed by atoms with E-state index in [1.807, 2.05) is 19.9 Å². The van der Waals surface area contributed by atoms with E-state index >= 15 is 0 Å². The third-order valence-corrected chi connectivity index (χ3v) is 4.81. The van der Waals surface area contributed by atoms with Gasteiger partial charge in [0.15, 0.2) is 0 Å². The van der Waals surface area contributed by atoms with Gasteiger partial charge < -0.3 is 10.4 Å². The highest BCUT2D eigenvalue weighted by molar-refractivity contribution is 7.09. The molecule has 1 aromatic carbocycles. The maximum absolute atomic E-state index is 13.4. The number of carbonyl (C=O) groups excluding carboxylic acids is 1. The summed E-state index contributed by atoms with van der Waals surface area (Å²) in [5, 5.41) is 13.5. The number of rotatable bonds is 5. The topological polar surface area (TPSA) is 62.2 Å². The number of benzene rings is 1. The molecule has 0 radical (unpaired) electrons.